The van der Waals surface area contributed by atoms with Gasteiger partial charge in [0.25, 0.3) is 0 Å². The number of allylic oxidation sites excluding steroid dienone is 1. The molecule has 0 unspecified atom stereocenters. The first-order valence-electron chi connectivity index (χ1n) is 5.70. The first kappa shape index (κ1) is 11.5. The highest BCUT2D eigenvalue weighted by atomic mass is 16.2. The van der Waals surface area contributed by atoms with E-state index >= 15 is 0 Å². The molecule has 0 bridgehead atoms. The monoisotopic (exact) mass is 224 g/mol. The normalized spacial score (nSPS) is 11.8. The Bertz CT molecular complexity index is 446. The summed E-state index contributed by atoms with van der Waals surface area (Å²) in [5.74, 6) is 0. The molecule has 1 N–H and O–H groups in total. The van der Waals surface area contributed by atoms with E-state index in [2.05, 4.69) is 31.2 Å². The third-order valence-electron chi connectivity index (χ3n) is 3.15. The molecule has 0 aliphatic rings. The van der Waals surface area contributed by atoms with Crippen LogP contribution in [0.3, 0.4) is 0 Å². The Morgan fingerprint density at radius 3 is 1.59 bits per heavy atom. The highest BCUT2D eigenvalue weighted by molar-refractivity contribution is 5.42. The maximum atomic E-state index is 9.14. The number of rotatable bonds is 3. The van der Waals surface area contributed by atoms with Crippen LogP contribution in [0.25, 0.3) is 0 Å². The second-order valence-corrected chi connectivity index (χ2v) is 4.25. The summed E-state index contributed by atoms with van der Waals surface area (Å²) in [4.78, 5) is 0. The van der Waals surface area contributed by atoms with Gasteiger partial charge in [-0.05, 0) is 24.1 Å². The third kappa shape index (κ3) is 2.23. The van der Waals surface area contributed by atoms with Crippen LogP contribution in [0.15, 0.2) is 73.0 Å². The van der Waals surface area contributed by atoms with Crippen LogP contribution in [0, 0.1) is 0 Å². The number of hydrogen-bond donors (Lipinski definition) is 1. The van der Waals surface area contributed by atoms with Crippen molar-refractivity contribution < 1.29 is 5.11 Å². The fourth-order valence-corrected chi connectivity index (χ4v) is 2.08. The van der Waals surface area contributed by atoms with Crippen LogP contribution in [-0.2, 0) is 5.41 Å². The average molecular weight is 224 g/mol. The maximum absolute atomic E-state index is 9.14. The number of hydrogen-bond acceptors (Lipinski definition) is 1. The Hall–Kier alpha value is -2.02. The molecule has 86 valence electrons. The summed E-state index contributed by atoms with van der Waals surface area (Å²) in [6, 6.07) is 20.4. The molecule has 2 aromatic carbocycles. The summed E-state index contributed by atoms with van der Waals surface area (Å²) in [5, 5.41) is 9.14. The lowest BCUT2D eigenvalue weighted by Crippen LogP contribution is -2.20. The Kier molecular flexibility index (Phi) is 3.29. The molecule has 0 fully saturated rings. The number of benzene rings is 2. The van der Waals surface area contributed by atoms with Gasteiger partial charge in [0.05, 0.1) is 6.26 Å². The Labute approximate surface area is 102 Å². The molecule has 0 heterocycles. The van der Waals surface area contributed by atoms with E-state index in [4.69, 9.17) is 5.11 Å². The number of aliphatic hydroxyl groups excluding tert-OH is 1. The van der Waals surface area contributed by atoms with Gasteiger partial charge in [-0.2, -0.15) is 0 Å². The summed E-state index contributed by atoms with van der Waals surface area (Å²) in [6.07, 6.45) is 2.94. The molecule has 0 aliphatic heterocycles. The van der Waals surface area contributed by atoms with E-state index in [0.717, 1.165) is 17.4 Å². The molecule has 0 atom stereocenters. The molecular formula is C16H16O. The molecule has 0 saturated heterocycles. The molecule has 1 nitrogen and oxygen atoms in total. The van der Waals surface area contributed by atoms with Crippen LogP contribution >= 0.6 is 0 Å². The van der Waals surface area contributed by atoms with E-state index in [1.165, 1.54) is 0 Å². The minimum absolute atomic E-state index is 0.294. The molecule has 17 heavy (non-hydrogen) atoms. The minimum Gasteiger partial charge on any atom is -0.516 e. The first-order chi connectivity index (χ1) is 8.27. The quantitative estimate of drug-likeness (QED) is 0.779. The molecule has 0 spiro atoms. The largest absolute Gasteiger partial charge is 0.516 e. The highest BCUT2D eigenvalue weighted by Crippen LogP contribution is 2.32. The zero-order valence-corrected chi connectivity index (χ0v) is 9.88. The lowest BCUT2D eigenvalue weighted by Gasteiger charge is -2.27. The zero-order chi connectivity index (χ0) is 12.1. The van der Waals surface area contributed by atoms with Crippen molar-refractivity contribution in [2.45, 2.75) is 12.3 Å². The van der Waals surface area contributed by atoms with E-state index in [1.807, 2.05) is 42.5 Å². The standard InChI is InChI=1S/C16H16O/c1-16(12-13-17,14-8-4-2-5-9-14)15-10-6-3-7-11-15/h2-13,17H,1H3. The molecule has 1 heteroatoms. The van der Waals surface area contributed by atoms with Gasteiger partial charge in [0, 0.05) is 5.41 Å². The second-order valence-electron chi connectivity index (χ2n) is 4.25. The smallest absolute Gasteiger partial charge is 0.0763 e. The molecule has 0 aromatic heterocycles. The SMILES string of the molecule is CC(C=CO)(c1ccccc1)c1ccccc1. The van der Waals surface area contributed by atoms with Crippen LogP contribution < -0.4 is 0 Å². The second kappa shape index (κ2) is 4.88. The summed E-state index contributed by atoms with van der Waals surface area (Å²) in [7, 11) is 0. The summed E-state index contributed by atoms with van der Waals surface area (Å²) >= 11 is 0. The van der Waals surface area contributed by atoms with Crippen molar-refractivity contribution in [2.75, 3.05) is 0 Å². The lowest BCUT2D eigenvalue weighted by molar-refractivity contribution is 0.464. The van der Waals surface area contributed by atoms with Crippen LogP contribution in [-0.4, -0.2) is 5.11 Å². The summed E-state index contributed by atoms with van der Waals surface area (Å²) in [6.45, 7) is 2.10. The fraction of sp³-hybridized carbons (Fsp3) is 0.125. The topological polar surface area (TPSA) is 20.2 Å². The van der Waals surface area contributed by atoms with Gasteiger partial charge in [0.15, 0.2) is 0 Å². The minimum atomic E-state index is -0.294. The van der Waals surface area contributed by atoms with Crippen molar-refractivity contribution in [3.05, 3.63) is 84.1 Å². The van der Waals surface area contributed by atoms with Crippen molar-refractivity contribution in [2.24, 2.45) is 0 Å². The van der Waals surface area contributed by atoms with Gasteiger partial charge in [0.1, 0.15) is 0 Å². The van der Waals surface area contributed by atoms with E-state index in [9.17, 15) is 0 Å². The molecule has 0 aliphatic carbocycles. The van der Waals surface area contributed by atoms with E-state index in [-0.39, 0.29) is 5.41 Å². The van der Waals surface area contributed by atoms with Crippen molar-refractivity contribution in [1.29, 1.82) is 0 Å². The van der Waals surface area contributed by atoms with Gasteiger partial charge >= 0.3 is 0 Å². The van der Waals surface area contributed by atoms with Crippen LogP contribution in [0.1, 0.15) is 18.1 Å². The molecule has 0 amide bonds. The van der Waals surface area contributed by atoms with Crippen LogP contribution in [0.5, 0.6) is 0 Å². The Morgan fingerprint density at radius 2 is 1.24 bits per heavy atom. The molecule has 2 rings (SSSR count). The number of aliphatic hydroxyl groups is 1. The lowest BCUT2D eigenvalue weighted by atomic mass is 9.76. The predicted octanol–water partition coefficient (Wildman–Crippen LogP) is 4.06. The van der Waals surface area contributed by atoms with Gasteiger partial charge in [-0.25, -0.2) is 0 Å². The van der Waals surface area contributed by atoms with Crippen molar-refractivity contribution in [3.63, 3.8) is 0 Å². The van der Waals surface area contributed by atoms with E-state index in [1.54, 1.807) is 0 Å². The Balaban J connectivity index is 2.55. The van der Waals surface area contributed by atoms with Gasteiger partial charge in [-0.3, -0.25) is 0 Å². The summed E-state index contributed by atoms with van der Waals surface area (Å²) < 4.78 is 0. The van der Waals surface area contributed by atoms with E-state index in [0.29, 0.717) is 0 Å². The zero-order valence-electron chi connectivity index (χ0n) is 9.88. The van der Waals surface area contributed by atoms with Crippen molar-refractivity contribution in [1.82, 2.24) is 0 Å². The fourth-order valence-electron chi connectivity index (χ4n) is 2.08. The highest BCUT2D eigenvalue weighted by Gasteiger charge is 2.25. The van der Waals surface area contributed by atoms with Crippen molar-refractivity contribution >= 4 is 0 Å². The molecule has 2 aromatic rings. The van der Waals surface area contributed by atoms with Gasteiger partial charge < -0.3 is 5.11 Å². The first-order valence-corrected chi connectivity index (χ1v) is 5.70. The molecule has 0 saturated carbocycles. The van der Waals surface area contributed by atoms with Gasteiger partial charge in [-0.15, -0.1) is 0 Å². The van der Waals surface area contributed by atoms with Gasteiger partial charge in [0.2, 0.25) is 0 Å². The Morgan fingerprint density at radius 1 is 0.824 bits per heavy atom. The average Bonchev–Trinajstić information content (AvgIpc) is 2.41. The summed E-state index contributed by atoms with van der Waals surface area (Å²) in [5.41, 5.74) is 2.03. The molecular weight excluding hydrogens is 208 g/mol. The molecule has 0 radical (unpaired) electrons. The van der Waals surface area contributed by atoms with Gasteiger partial charge in [-0.1, -0.05) is 60.7 Å². The van der Waals surface area contributed by atoms with Crippen molar-refractivity contribution in [3.8, 4) is 0 Å². The van der Waals surface area contributed by atoms with Crippen LogP contribution in [0.2, 0.25) is 0 Å². The third-order valence-corrected chi connectivity index (χ3v) is 3.15. The predicted molar refractivity (Wildman–Crippen MR) is 71.1 cm³/mol. The maximum Gasteiger partial charge on any atom is 0.0763 e. The van der Waals surface area contributed by atoms with Crippen LogP contribution in [0.4, 0.5) is 0 Å². The van der Waals surface area contributed by atoms with E-state index < -0.39 is 0 Å².